The number of esters is 1. The molecule has 1 fully saturated rings. The lowest BCUT2D eigenvalue weighted by Gasteiger charge is -2.12. The number of ether oxygens (including phenoxy) is 2. The molecule has 1 aliphatic heterocycles. The number of benzene rings is 2. The highest BCUT2D eigenvalue weighted by atomic mass is 16.5. The molecule has 1 N–H and O–H groups in total. The first-order chi connectivity index (χ1) is 12.6. The van der Waals surface area contributed by atoms with Crippen LogP contribution in [0.25, 0.3) is 11.1 Å². The van der Waals surface area contributed by atoms with Gasteiger partial charge < -0.3 is 14.8 Å². The molecule has 0 aromatic heterocycles. The Hall–Kier alpha value is -2.66. The van der Waals surface area contributed by atoms with Crippen LogP contribution in [-0.4, -0.2) is 37.7 Å². The summed E-state index contributed by atoms with van der Waals surface area (Å²) in [6, 6.07) is 15.2. The van der Waals surface area contributed by atoms with E-state index < -0.39 is 5.97 Å². The van der Waals surface area contributed by atoms with Gasteiger partial charge in [0.05, 0.1) is 11.7 Å². The molecule has 5 nitrogen and oxygen atoms in total. The van der Waals surface area contributed by atoms with Gasteiger partial charge in [0, 0.05) is 13.2 Å². The minimum Gasteiger partial charge on any atom is -0.452 e. The molecule has 0 bridgehead atoms. The summed E-state index contributed by atoms with van der Waals surface area (Å²) in [6.07, 6.45) is 2.03. The summed E-state index contributed by atoms with van der Waals surface area (Å²) in [5.41, 5.74) is 3.32. The first-order valence-corrected chi connectivity index (χ1v) is 8.85. The van der Waals surface area contributed by atoms with Gasteiger partial charge in [-0.2, -0.15) is 0 Å². The smallest absolute Gasteiger partial charge is 0.339 e. The number of carbonyl (C=O) groups is 2. The summed E-state index contributed by atoms with van der Waals surface area (Å²) in [6.45, 7) is 2.91. The quantitative estimate of drug-likeness (QED) is 0.811. The molecule has 1 heterocycles. The van der Waals surface area contributed by atoms with Crippen molar-refractivity contribution < 1.29 is 19.1 Å². The summed E-state index contributed by atoms with van der Waals surface area (Å²) < 4.78 is 10.6. The molecule has 1 unspecified atom stereocenters. The molecule has 2 aromatic rings. The Labute approximate surface area is 153 Å². The third kappa shape index (κ3) is 4.70. The fourth-order valence-electron chi connectivity index (χ4n) is 2.94. The molecule has 1 amide bonds. The Morgan fingerprint density at radius 3 is 2.65 bits per heavy atom. The standard InChI is InChI=1S/C21H23NO4/c1-15-8-10-16(11-9-15)18-6-2-3-7-19(18)21(24)26-14-20(23)22-13-17-5-4-12-25-17/h2-3,6-11,17H,4-5,12-14H2,1H3,(H,22,23). The van der Waals surface area contributed by atoms with Crippen LogP contribution in [0.4, 0.5) is 0 Å². The van der Waals surface area contributed by atoms with Gasteiger partial charge in [0.2, 0.25) is 0 Å². The minimum atomic E-state index is -0.506. The molecule has 0 radical (unpaired) electrons. The Bertz CT molecular complexity index is 764. The van der Waals surface area contributed by atoms with Crippen molar-refractivity contribution in [3.8, 4) is 11.1 Å². The summed E-state index contributed by atoms with van der Waals surface area (Å²) in [7, 11) is 0. The van der Waals surface area contributed by atoms with E-state index in [9.17, 15) is 9.59 Å². The van der Waals surface area contributed by atoms with Crippen molar-refractivity contribution in [2.75, 3.05) is 19.8 Å². The molecule has 5 heteroatoms. The maximum absolute atomic E-state index is 12.4. The number of amides is 1. The summed E-state index contributed by atoms with van der Waals surface area (Å²) >= 11 is 0. The van der Waals surface area contributed by atoms with Gasteiger partial charge in [-0.1, -0.05) is 48.0 Å². The second-order valence-electron chi connectivity index (χ2n) is 6.43. The van der Waals surface area contributed by atoms with E-state index in [4.69, 9.17) is 9.47 Å². The normalized spacial score (nSPS) is 16.3. The van der Waals surface area contributed by atoms with Crippen LogP contribution in [-0.2, 0) is 14.3 Å². The topological polar surface area (TPSA) is 64.6 Å². The number of hydrogen-bond acceptors (Lipinski definition) is 4. The Morgan fingerprint density at radius 1 is 1.15 bits per heavy atom. The van der Waals surface area contributed by atoms with Crippen molar-refractivity contribution in [1.29, 1.82) is 0 Å². The predicted molar refractivity (Wildman–Crippen MR) is 98.9 cm³/mol. The van der Waals surface area contributed by atoms with Crippen LogP contribution >= 0.6 is 0 Å². The van der Waals surface area contributed by atoms with Gasteiger partial charge in [0.15, 0.2) is 6.61 Å². The lowest BCUT2D eigenvalue weighted by atomic mass is 9.99. The van der Waals surface area contributed by atoms with Gasteiger partial charge in [0.1, 0.15) is 0 Å². The third-order valence-corrected chi connectivity index (χ3v) is 4.39. The molecule has 0 aliphatic carbocycles. The Balaban J connectivity index is 1.59. The molecule has 3 rings (SSSR count). The lowest BCUT2D eigenvalue weighted by Crippen LogP contribution is -2.34. The molecule has 1 atom stereocenters. The van der Waals surface area contributed by atoms with Crippen LogP contribution in [0, 0.1) is 6.92 Å². The van der Waals surface area contributed by atoms with Gasteiger partial charge in [0.25, 0.3) is 5.91 Å². The van der Waals surface area contributed by atoms with Crippen LogP contribution in [0.5, 0.6) is 0 Å². The van der Waals surface area contributed by atoms with E-state index in [2.05, 4.69) is 5.32 Å². The molecule has 2 aromatic carbocycles. The number of carbonyl (C=O) groups excluding carboxylic acids is 2. The first kappa shape index (κ1) is 18.1. The van der Waals surface area contributed by atoms with E-state index in [-0.39, 0.29) is 18.6 Å². The summed E-state index contributed by atoms with van der Waals surface area (Å²) in [5, 5.41) is 2.74. The zero-order chi connectivity index (χ0) is 18.4. The van der Waals surface area contributed by atoms with Crippen LogP contribution in [0.3, 0.4) is 0 Å². The summed E-state index contributed by atoms with van der Waals surface area (Å²) in [4.78, 5) is 24.3. The fourth-order valence-corrected chi connectivity index (χ4v) is 2.94. The van der Waals surface area contributed by atoms with Gasteiger partial charge in [-0.15, -0.1) is 0 Å². The highest BCUT2D eigenvalue weighted by Crippen LogP contribution is 2.24. The van der Waals surface area contributed by atoms with E-state index in [0.717, 1.165) is 36.1 Å². The van der Waals surface area contributed by atoms with E-state index in [1.54, 1.807) is 12.1 Å². The number of hydrogen-bond donors (Lipinski definition) is 1. The molecular weight excluding hydrogens is 330 g/mol. The van der Waals surface area contributed by atoms with Crippen molar-refractivity contribution in [2.24, 2.45) is 0 Å². The van der Waals surface area contributed by atoms with Crippen molar-refractivity contribution in [1.82, 2.24) is 5.32 Å². The van der Waals surface area contributed by atoms with Crippen molar-refractivity contribution in [3.05, 3.63) is 59.7 Å². The van der Waals surface area contributed by atoms with Crippen LogP contribution in [0.15, 0.2) is 48.5 Å². The second kappa shape index (κ2) is 8.63. The van der Waals surface area contributed by atoms with E-state index >= 15 is 0 Å². The highest BCUT2D eigenvalue weighted by Gasteiger charge is 2.18. The molecule has 136 valence electrons. The zero-order valence-electron chi connectivity index (χ0n) is 14.9. The van der Waals surface area contributed by atoms with E-state index in [0.29, 0.717) is 12.1 Å². The molecule has 0 saturated carbocycles. The fraction of sp³-hybridized carbons (Fsp3) is 0.333. The average Bonchev–Trinajstić information content (AvgIpc) is 3.19. The zero-order valence-corrected chi connectivity index (χ0v) is 14.9. The van der Waals surface area contributed by atoms with Crippen molar-refractivity contribution in [3.63, 3.8) is 0 Å². The molecule has 0 spiro atoms. The predicted octanol–water partition coefficient (Wildman–Crippen LogP) is 3.11. The molecule has 26 heavy (non-hydrogen) atoms. The van der Waals surface area contributed by atoms with Gasteiger partial charge >= 0.3 is 5.97 Å². The van der Waals surface area contributed by atoms with Crippen molar-refractivity contribution in [2.45, 2.75) is 25.9 Å². The lowest BCUT2D eigenvalue weighted by molar-refractivity contribution is -0.124. The Morgan fingerprint density at radius 2 is 1.92 bits per heavy atom. The largest absolute Gasteiger partial charge is 0.452 e. The van der Waals surface area contributed by atoms with Crippen molar-refractivity contribution >= 4 is 11.9 Å². The van der Waals surface area contributed by atoms with Crippen LogP contribution < -0.4 is 5.32 Å². The first-order valence-electron chi connectivity index (χ1n) is 8.85. The van der Waals surface area contributed by atoms with Gasteiger partial charge in [-0.25, -0.2) is 4.79 Å². The maximum atomic E-state index is 12.4. The maximum Gasteiger partial charge on any atom is 0.339 e. The molecular formula is C21H23NO4. The van der Waals surface area contributed by atoms with E-state index in [1.165, 1.54) is 0 Å². The highest BCUT2D eigenvalue weighted by molar-refractivity contribution is 5.98. The van der Waals surface area contributed by atoms with Gasteiger partial charge in [-0.3, -0.25) is 4.79 Å². The minimum absolute atomic E-state index is 0.0666. The number of nitrogens with one attached hydrogen (secondary N) is 1. The Kier molecular flexibility index (Phi) is 6.02. The van der Waals surface area contributed by atoms with Gasteiger partial charge in [-0.05, 0) is 37.0 Å². The van der Waals surface area contributed by atoms with Crippen LogP contribution in [0.1, 0.15) is 28.8 Å². The third-order valence-electron chi connectivity index (χ3n) is 4.39. The number of rotatable bonds is 6. The SMILES string of the molecule is Cc1ccc(-c2ccccc2C(=O)OCC(=O)NCC2CCCO2)cc1. The molecule has 1 aliphatic rings. The average molecular weight is 353 g/mol. The molecule has 1 saturated heterocycles. The second-order valence-corrected chi connectivity index (χ2v) is 6.43. The monoisotopic (exact) mass is 353 g/mol. The summed E-state index contributed by atoms with van der Waals surface area (Å²) in [5.74, 6) is -0.824. The van der Waals surface area contributed by atoms with Crippen LogP contribution in [0.2, 0.25) is 0 Å². The number of aryl methyl sites for hydroxylation is 1. The van der Waals surface area contributed by atoms with E-state index in [1.807, 2.05) is 43.3 Å².